The molecular formula is C29H37N5O8S6. The standard InChI is InChI=1S/C29H37N5O8S6/c1-3-41-27(38)23(15-46-34-22(14-44)29(40)45)31-25(36)20-11-30-21(10-19(20)17-8-6-5-7-9-17)26(37)32-24(28(39)42-4-2)16-47-48-33-18(12-35)13-43/h5-11,13,18,22-24,33-35,44H,3-4,12,14-16H2,1-2H3,(H,31,36)(H,32,37)(H,40,45)/t18-,22+,23?,24?/m1/s1. The van der Waals surface area contributed by atoms with Crippen LogP contribution in [0.4, 0.5) is 0 Å². The van der Waals surface area contributed by atoms with Gasteiger partial charge in [0.2, 0.25) is 5.12 Å². The number of carbonyl (C=O) groups excluding carboxylic acids is 5. The van der Waals surface area contributed by atoms with Crippen molar-refractivity contribution in [2.45, 2.75) is 38.0 Å². The van der Waals surface area contributed by atoms with Gasteiger partial charge >= 0.3 is 11.9 Å². The van der Waals surface area contributed by atoms with Crippen LogP contribution < -0.4 is 20.1 Å². The molecule has 0 bridgehead atoms. The van der Waals surface area contributed by atoms with E-state index in [0.717, 1.165) is 22.9 Å². The molecule has 1 aromatic carbocycles. The van der Waals surface area contributed by atoms with Crippen molar-refractivity contribution in [1.29, 1.82) is 0 Å². The molecule has 0 fully saturated rings. The third-order valence-electron chi connectivity index (χ3n) is 6.03. The minimum Gasteiger partial charge on any atom is -0.464 e. The quantitative estimate of drug-likeness (QED) is 0.0231. The van der Waals surface area contributed by atoms with Crippen LogP contribution >= 0.6 is 71.2 Å². The number of aliphatic hydroxyl groups is 1. The van der Waals surface area contributed by atoms with Gasteiger partial charge in [0, 0.05) is 23.5 Å². The molecule has 2 rings (SSSR count). The Morgan fingerprint density at radius 3 is 2.15 bits per heavy atom. The van der Waals surface area contributed by atoms with E-state index < -0.39 is 53.0 Å². The minimum absolute atomic E-state index is 0.0116. The summed E-state index contributed by atoms with van der Waals surface area (Å²) < 4.78 is 16.1. The number of aliphatic hydroxyl groups excluding tert-OH is 1. The SMILES string of the molecule is CCOC(=O)C(CSSN[C@@H](C=S)CO)NC(=O)c1cc(-c2ccccc2)c(C(=O)NC(CSN[C@@H](CS)C(=O)S)C(=O)OCC)cn1. The van der Waals surface area contributed by atoms with Gasteiger partial charge in [-0.2, -0.15) is 12.6 Å². The molecule has 2 unspecified atom stereocenters. The first-order chi connectivity index (χ1) is 23.1. The van der Waals surface area contributed by atoms with Crippen LogP contribution in [0.2, 0.25) is 0 Å². The maximum Gasteiger partial charge on any atom is 0.329 e. The molecule has 2 amide bonds. The molecule has 0 aliphatic heterocycles. The molecule has 4 atom stereocenters. The molecule has 0 saturated heterocycles. The van der Waals surface area contributed by atoms with Gasteiger partial charge in [0.15, 0.2) is 0 Å². The number of esters is 2. The molecule has 0 radical (unpaired) electrons. The smallest absolute Gasteiger partial charge is 0.329 e. The van der Waals surface area contributed by atoms with Crippen LogP contribution in [0.5, 0.6) is 0 Å². The second-order valence-electron chi connectivity index (χ2n) is 9.45. The molecule has 262 valence electrons. The van der Waals surface area contributed by atoms with Gasteiger partial charge in [0.05, 0.1) is 37.5 Å². The molecule has 0 aliphatic rings. The number of amides is 2. The molecule has 2 aromatic rings. The number of carbonyl (C=O) groups is 5. The molecule has 5 N–H and O–H groups in total. The summed E-state index contributed by atoms with van der Waals surface area (Å²) in [4.78, 5) is 68.2. The van der Waals surface area contributed by atoms with Gasteiger partial charge < -0.3 is 25.2 Å². The predicted molar refractivity (Wildman–Crippen MR) is 200 cm³/mol. The number of ether oxygens (including phenoxy) is 2. The highest BCUT2D eigenvalue weighted by atomic mass is 33.1. The summed E-state index contributed by atoms with van der Waals surface area (Å²) in [6.45, 7) is 3.26. The summed E-state index contributed by atoms with van der Waals surface area (Å²) in [5.74, 6) is -2.38. The van der Waals surface area contributed by atoms with Crippen LogP contribution in [0, 0.1) is 0 Å². The number of hydrogen-bond acceptors (Lipinski definition) is 16. The van der Waals surface area contributed by atoms with E-state index >= 15 is 0 Å². The van der Waals surface area contributed by atoms with Gasteiger partial charge in [0.1, 0.15) is 17.8 Å². The van der Waals surface area contributed by atoms with Crippen LogP contribution in [0.25, 0.3) is 11.1 Å². The highest BCUT2D eigenvalue weighted by Gasteiger charge is 2.28. The van der Waals surface area contributed by atoms with E-state index in [0.29, 0.717) is 11.1 Å². The van der Waals surface area contributed by atoms with E-state index in [4.69, 9.17) is 21.7 Å². The van der Waals surface area contributed by atoms with E-state index in [9.17, 15) is 29.1 Å². The number of aromatic nitrogens is 1. The number of thiocarbonyl (C=S) groups is 1. The van der Waals surface area contributed by atoms with Crippen molar-refractivity contribution in [1.82, 2.24) is 25.1 Å². The Balaban J connectivity index is 2.32. The van der Waals surface area contributed by atoms with Crippen molar-refractivity contribution in [3.8, 4) is 11.1 Å². The van der Waals surface area contributed by atoms with Crippen molar-refractivity contribution in [3.63, 3.8) is 0 Å². The lowest BCUT2D eigenvalue weighted by Gasteiger charge is -2.20. The fourth-order valence-electron chi connectivity index (χ4n) is 3.61. The van der Waals surface area contributed by atoms with Crippen molar-refractivity contribution < 1.29 is 38.6 Å². The first-order valence-electron chi connectivity index (χ1n) is 14.4. The zero-order chi connectivity index (χ0) is 35.5. The normalized spacial score (nSPS) is 13.4. The van der Waals surface area contributed by atoms with Crippen molar-refractivity contribution in [2.24, 2.45) is 0 Å². The van der Waals surface area contributed by atoms with Crippen LogP contribution in [0.3, 0.4) is 0 Å². The highest BCUT2D eigenvalue weighted by Crippen LogP contribution is 2.25. The van der Waals surface area contributed by atoms with Gasteiger partial charge in [0.25, 0.3) is 11.8 Å². The van der Waals surface area contributed by atoms with Crippen LogP contribution in [-0.4, -0.2) is 106 Å². The lowest BCUT2D eigenvalue weighted by molar-refractivity contribution is -0.145. The number of hydrogen-bond donors (Lipinski definition) is 7. The molecule has 1 heterocycles. The summed E-state index contributed by atoms with van der Waals surface area (Å²) in [7, 11) is 2.36. The second kappa shape index (κ2) is 23.1. The number of nitrogens with one attached hydrogen (secondary N) is 4. The lowest BCUT2D eigenvalue weighted by Crippen LogP contribution is -2.45. The Morgan fingerprint density at radius 1 is 0.958 bits per heavy atom. The number of rotatable bonds is 22. The number of benzene rings is 1. The van der Waals surface area contributed by atoms with Crippen molar-refractivity contribution in [2.75, 3.05) is 37.1 Å². The number of nitrogens with zero attached hydrogens (tertiary/aromatic N) is 1. The van der Waals surface area contributed by atoms with Gasteiger partial charge in [-0.3, -0.25) is 24.1 Å². The summed E-state index contributed by atoms with van der Waals surface area (Å²) in [5, 5.41) is 15.5. The summed E-state index contributed by atoms with van der Waals surface area (Å²) in [6, 6.07) is 6.94. The van der Waals surface area contributed by atoms with Gasteiger partial charge in [-0.1, -0.05) is 65.3 Å². The Morgan fingerprint density at radius 2 is 1.58 bits per heavy atom. The topological polar surface area (TPSA) is 185 Å². The van der Waals surface area contributed by atoms with Crippen LogP contribution in [0.1, 0.15) is 34.7 Å². The van der Waals surface area contributed by atoms with Gasteiger partial charge in [-0.05, 0) is 47.4 Å². The lowest BCUT2D eigenvalue weighted by atomic mass is 9.99. The van der Waals surface area contributed by atoms with E-state index in [1.165, 1.54) is 28.4 Å². The Bertz CT molecular complexity index is 1390. The second-order valence-corrected chi connectivity index (χ2v) is 13.6. The molecule has 0 aliphatic carbocycles. The Kier molecular flexibility index (Phi) is 20.1. The zero-order valence-corrected chi connectivity index (χ0v) is 31.0. The largest absolute Gasteiger partial charge is 0.464 e. The monoisotopic (exact) mass is 775 g/mol. The average Bonchev–Trinajstić information content (AvgIpc) is 3.09. The number of pyridine rings is 1. The molecule has 0 saturated carbocycles. The third kappa shape index (κ3) is 13.9. The Labute approximate surface area is 307 Å². The van der Waals surface area contributed by atoms with Crippen molar-refractivity contribution >= 4 is 105 Å². The summed E-state index contributed by atoms with van der Waals surface area (Å²) in [6.07, 6.45) is 1.21. The van der Waals surface area contributed by atoms with Crippen LogP contribution in [-0.2, 0) is 23.9 Å². The van der Waals surface area contributed by atoms with E-state index in [-0.39, 0.29) is 48.3 Å². The predicted octanol–water partition coefficient (Wildman–Crippen LogP) is 2.31. The van der Waals surface area contributed by atoms with E-state index in [1.807, 2.05) is 0 Å². The molecule has 19 heteroatoms. The molecular weight excluding hydrogens is 739 g/mol. The van der Waals surface area contributed by atoms with Gasteiger partial charge in [-0.25, -0.2) is 14.3 Å². The van der Waals surface area contributed by atoms with Crippen molar-refractivity contribution in [3.05, 3.63) is 53.9 Å². The summed E-state index contributed by atoms with van der Waals surface area (Å²) >= 11 is 13.8. The fraction of sp³-hybridized carbons (Fsp3) is 0.414. The Hall–Kier alpha value is -2.36. The molecule has 13 nitrogen and oxygen atoms in total. The maximum atomic E-state index is 13.6. The average molecular weight is 776 g/mol. The molecule has 48 heavy (non-hydrogen) atoms. The van der Waals surface area contributed by atoms with Gasteiger partial charge in [-0.15, -0.1) is 12.6 Å². The first kappa shape index (κ1) is 41.8. The molecule has 0 spiro atoms. The zero-order valence-electron chi connectivity index (χ0n) is 26.0. The third-order valence-corrected chi connectivity index (χ3v) is 10.0. The minimum atomic E-state index is -1.11. The van der Waals surface area contributed by atoms with E-state index in [1.54, 1.807) is 44.2 Å². The fourth-order valence-corrected chi connectivity index (χ4v) is 7.44. The number of thiol groups is 2. The van der Waals surface area contributed by atoms with E-state index in [2.05, 4.69) is 50.3 Å². The summed E-state index contributed by atoms with van der Waals surface area (Å²) in [5.41, 5.74) is 0.923. The highest BCUT2D eigenvalue weighted by molar-refractivity contribution is 8.76. The molecule has 1 aromatic heterocycles. The van der Waals surface area contributed by atoms with Crippen LogP contribution in [0.15, 0.2) is 42.6 Å². The first-order valence-corrected chi connectivity index (χ1v) is 19.3. The maximum absolute atomic E-state index is 13.6.